The number of carbonyl (C=O) groups excluding carboxylic acids is 2. The number of rotatable bonds is 23. The molecular formula is C35H49N3O4. The molecule has 1 atom stereocenters. The van der Waals surface area contributed by atoms with Gasteiger partial charge < -0.3 is 15.7 Å². The van der Waals surface area contributed by atoms with Gasteiger partial charge in [-0.3, -0.25) is 14.6 Å². The molecule has 0 saturated carbocycles. The molecule has 0 fully saturated rings. The van der Waals surface area contributed by atoms with Gasteiger partial charge in [0.1, 0.15) is 6.04 Å². The summed E-state index contributed by atoms with van der Waals surface area (Å²) < 4.78 is 0. The van der Waals surface area contributed by atoms with E-state index in [4.69, 9.17) is 0 Å². The highest BCUT2D eigenvalue weighted by molar-refractivity contribution is 5.83. The van der Waals surface area contributed by atoms with E-state index < -0.39 is 12.0 Å². The average Bonchev–Trinajstić information content (AvgIpc) is 2.98. The van der Waals surface area contributed by atoms with Crippen LogP contribution in [0.25, 0.3) is 6.08 Å². The fourth-order valence-corrected chi connectivity index (χ4v) is 3.82. The molecule has 0 spiro atoms. The fourth-order valence-electron chi connectivity index (χ4n) is 3.82. The molecule has 7 nitrogen and oxygen atoms in total. The number of carboxylic acid groups (broad SMARTS) is 1. The summed E-state index contributed by atoms with van der Waals surface area (Å²) in [6, 6.07) is 2.83. The van der Waals surface area contributed by atoms with Gasteiger partial charge in [-0.15, -0.1) is 0 Å². The summed E-state index contributed by atoms with van der Waals surface area (Å²) in [7, 11) is 0. The fraction of sp³-hybridized carbons (Fsp3) is 0.429. The second-order valence-corrected chi connectivity index (χ2v) is 9.80. The van der Waals surface area contributed by atoms with Gasteiger partial charge in [-0.25, -0.2) is 4.79 Å². The largest absolute Gasteiger partial charge is 0.480 e. The third-order valence-electron chi connectivity index (χ3n) is 6.11. The van der Waals surface area contributed by atoms with E-state index in [1.54, 1.807) is 18.5 Å². The number of carboxylic acids is 1. The van der Waals surface area contributed by atoms with Crippen molar-refractivity contribution in [2.75, 3.05) is 6.54 Å². The van der Waals surface area contributed by atoms with E-state index in [2.05, 4.69) is 83.3 Å². The summed E-state index contributed by atoms with van der Waals surface area (Å²) in [5.41, 5.74) is 0.932. The quantitative estimate of drug-likeness (QED) is 0.0940. The number of pyridine rings is 1. The Hall–Kier alpha value is -4.00. The molecule has 2 amide bonds. The zero-order valence-electron chi connectivity index (χ0n) is 25.1. The highest BCUT2D eigenvalue weighted by Crippen LogP contribution is 2.05. The van der Waals surface area contributed by atoms with E-state index in [1.165, 1.54) is 0 Å². The van der Waals surface area contributed by atoms with Crippen LogP contribution in [0.4, 0.5) is 0 Å². The number of carbonyl (C=O) groups is 3. The van der Waals surface area contributed by atoms with Crippen LogP contribution in [0.15, 0.2) is 91.4 Å². The van der Waals surface area contributed by atoms with Gasteiger partial charge in [-0.05, 0) is 75.8 Å². The van der Waals surface area contributed by atoms with Crippen molar-refractivity contribution in [2.24, 2.45) is 0 Å². The molecule has 1 aromatic rings. The van der Waals surface area contributed by atoms with Gasteiger partial charge in [-0.2, -0.15) is 0 Å². The van der Waals surface area contributed by atoms with Gasteiger partial charge in [-0.1, -0.05) is 85.9 Å². The number of aromatic nitrogens is 1. The Morgan fingerprint density at radius 2 is 1.48 bits per heavy atom. The molecule has 0 aliphatic rings. The Morgan fingerprint density at radius 1 is 0.833 bits per heavy atom. The molecule has 1 unspecified atom stereocenters. The summed E-state index contributed by atoms with van der Waals surface area (Å²) in [5.74, 6) is -1.38. The number of allylic oxidation sites excluding steroid dienone is 10. The molecule has 3 N–H and O–H groups in total. The minimum Gasteiger partial charge on any atom is -0.480 e. The average molecular weight is 576 g/mol. The molecule has 1 rings (SSSR count). The first-order valence-corrected chi connectivity index (χ1v) is 15.1. The van der Waals surface area contributed by atoms with Crippen LogP contribution in [0.5, 0.6) is 0 Å². The lowest BCUT2D eigenvalue weighted by molar-refractivity contribution is -0.142. The SMILES string of the molecule is CCC=CCC=CCC=CCC=CCC=CCCCC(=O)NC(CCCCNC(=O)CC=Cc1cccnc1)C(=O)O. The van der Waals surface area contributed by atoms with Gasteiger partial charge in [0, 0.05) is 31.8 Å². The van der Waals surface area contributed by atoms with Crippen molar-refractivity contribution >= 4 is 23.9 Å². The molecular weight excluding hydrogens is 526 g/mol. The molecule has 0 aromatic carbocycles. The Morgan fingerprint density at radius 3 is 2.07 bits per heavy atom. The number of hydrogen-bond acceptors (Lipinski definition) is 4. The van der Waals surface area contributed by atoms with Gasteiger partial charge in [0.25, 0.3) is 0 Å². The zero-order chi connectivity index (χ0) is 30.5. The predicted molar refractivity (Wildman–Crippen MR) is 173 cm³/mol. The van der Waals surface area contributed by atoms with E-state index in [9.17, 15) is 19.5 Å². The van der Waals surface area contributed by atoms with Crippen LogP contribution in [-0.2, 0) is 14.4 Å². The van der Waals surface area contributed by atoms with Crippen molar-refractivity contribution in [1.29, 1.82) is 0 Å². The first kappa shape index (κ1) is 36.0. The van der Waals surface area contributed by atoms with Crippen LogP contribution < -0.4 is 10.6 Å². The third kappa shape index (κ3) is 21.8. The lowest BCUT2D eigenvalue weighted by Gasteiger charge is -2.14. The number of hydrogen-bond donors (Lipinski definition) is 3. The third-order valence-corrected chi connectivity index (χ3v) is 6.11. The summed E-state index contributed by atoms with van der Waals surface area (Å²) >= 11 is 0. The number of nitrogens with zero attached hydrogens (tertiary/aromatic N) is 1. The number of nitrogens with one attached hydrogen (secondary N) is 2. The lowest BCUT2D eigenvalue weighted by atomic mass is 10.1. The summed E-state index contributed by atoms with van der Waals surface area (Å²) in [6.07, 6.45) is 36.9. The minimum atomic E-state index is -1.04. The smallest absolute Gasteiger partial charge is 0.326 e. The van der Waals surface area contributed by atoms with Crippen molar-refractivity contribution in [3.05, 3.63) is 96.9 Å². The lowest BCUT2D eigenvalue weighted by Crippen LogP contribution is -2.40. The van der Waals surface area contributed by atoms with Gasteiger partial charge in [0.2, 0.25) is 11.8 Å². The summed E-state index contributed by atoms with van der Waals surface area (Å²) in [4.78, 5) is 39.7. The van der Waals surface area contributed by atoms with Crippen molar-refractivity contribution in [1.82, 2.24) is 15.6 Å². The molecule has 42 heavy (non-hydrogen) atoms. The first-order valence-electron chi connectivity index (χ1n) is 15.1. The van der Waals surface area contributed by atoms with Crippen LogP contribution in [0.1, 0.15) is 89.5 Å². The standard InChI is InChI=1S/C35H49N3O4/c1-2-3-4-5-6-7-8-9-10-11-12-13-14-15-16-17-18-26-34(40)38-32(35(41)42)25-19-20-29-37-33(39)27-21-23-31-24-22-28-36-30-31/h3-4,6-7,9-10,12-13,15-16,21-24,28,30,32H,2,5,8,11,14,17-20,25-27,29H2,1H3,(H,37,39)(H,38,40)(H,41,42). The topological polar surface area (TPSA) is 108 Å². The van der Waals surface area contributed by atoms with Crippen LogP contribution in [0, 0.1) is 0 Å². The van der Waals surface area contributed by atoms with E-state index in [0.29, 0.717) is 38.6 Å². The van der Waals surface area contributed by atoms with Crippen molar-refractivity contribution in [3.63, 3.8) is 0 Å². The zero-order valence-corrected chi connectivity index (χ0v) is 25.1. The Kier molecular flexibility index (Phi) is 22.2. The summed E-state index contributed by atoms with van der Waals surface area (Å²) in [5, 5.41) is 14.9. The van der Waals surface area contributed by atoms with Gasteiger partial charge >= 0.3 is 5.97 Å². The molecule has 1 heterocycles. The van der Waals surface area contributed by atoms with Crippen molar-refractivity contribution < 1.29 is 19.5 Å². The number of aliphatic carboxylic acids is 1. The molecule has 7 heteroatoms. The Labute approximate surface area is 252 Å². The molecule has 1 aromatic heterocycles. The predicted octanol–water partition coefficient (Wildman–Crippen LogP) is 7.26. The first-order chi connectivity index (χ1) is 20.5. The molecule has 0 aliphatic heterocycles. The van der Waals surface area contributed by atoms with Gasteiger partial charge in [0.15, 0.2) is 0 Å². The van der Waals surface area contributed by atoms with Crippen LogP contribution in [0.3, 0.4) is 0 Å². The van der Waals surface area contributed by atoms with E-state index in [1.807, 2.05) is 18.2 Å². The highest BCUT2D eigenvalue weighted by atomic mass is 16.4. The molecule has 0 aliphatic carbocycles. The monoisotopic (exact) mass is 575 g/mol. The normalized spacial score (nSPS) is 12.9. The maximum atomic E-state index is 12.2. The van der Waals surface area contributed by atoms with E-state index in [-0.39, 0.29) is 18.2 Å². The van der Waals surface area contributed by atoms with E-state index >= 15 is 0 Å². The maximum Gasteiger partial charge on any atom is 0.326 e. The molecule has 228 valence electrons. The molecule has 0 bridgehead atoms. The van der Waals surface area contributed by atoms with Crippen molar-refractivity contribution in [3.8, 4) is 0 Å². The Bertz CT molecular complexity index is 1060. The van der Waals surface area contributed by atoms with Gasteiger partial charge in [0.05, 0.1) is 0 Å². The molecule has 0 saturated heterocycles. The highest BCUT2D eigenvalue weighted by Gasteiger charge is 2.19. The number of unbranched alkanes of at least 4 members (excludes halogenated alkanes) is 2. The second-order valence-electron chi connectivity index (χ2n) is 9.80. The van der Waals surface area contributed by atoms with E-state index in [0.717, 1.165) is 44.1 Å². The Balaban J connectivity index is 2.09. The second kappa shape index (κ2) is 25.9. The minimum absolute atomic E-state index is 0.0919. The summed E-state index contributed by atoms with van der Waals surface area (Å²) in [6.45, 7) is 2.60. The van der Waals surface area contributed by atoms with Crippen LogP contribution >= 0.6 is 0 Å². The van der Waals surface area contributed by atoms with Crippen LogP contribution in [-0.4, -0.2) is 40.5 Å². The van der Waals surface area contributed by atoms with Crippen LogP contribution in [0.2, 0.25) is 0 Å². The molecule has 0 radical (unpaired) electrons. The maximum absolute atomic E-state index is 12.2. The van der Waals surface area contributed by atoms with Crippen molar-refractivity contribution in [2.45, 2.75) is 90.0 Å². The number of amides is 2.